The summed E-state index contributed by atoms with van der Waals surface area (Å²) in [6.45, 7) is 0. The van der Waals surface area contributed by atoms with Gasteiger partial charge in [-0.05, 0) is 47.5 Å². The molecule has 0 unspecified atom stereocenters. The molecule has 0 fully saturated rings. The molecule has 0 radical (unpaired) electrons. The minimum Gasteiger partial charge on any atom is -0.308 e. The maximum Gasteiger partial charge on any atom is 0.0725 e. The summed E-state index contributed by atoms with van der Waals surface area (Å²) >= 11 is 0. The van der Waals surface area contributed by atoms with Crippen molar-refractivity contribution < 1.29 is 0 Å². The first-order valence-corrected chi connectivity index (χ1v) is 12.9. The Bertz CT molecular complexity index is 2480. The van der Waals surface area contributed by atoms with Crippen molar-refractivity contribution in [3.8, 4) is 11.1 Å². The lowest BCUT2D eigenvalue weighted by Gasteiger charge is -2.07. The summed E-state index contributed by atoms with van der Waals surface area (Å²) in [7, 11) is 0. The molecule has 0 saturated carbocycles. The second-order valence-corrected chi connectivity index (χ2v) is 10.3. The fraction of sp³-hybridized carbons (Fsp3) is 0. The minimum absolute atomic E-state index is 1.12. The molecule has 0 aliphatic rings. The van der Waals surface area contributed by atoms with Gasteiger partial charge in [-0.3, -0.25) is 9.97 Å². The Morgan fingerprint density at radius 3 is 1.82 bits per heavy atom. The quantitative estimate of drug-likeness (QED) is 0.235. The number of pyridine rings is 2. The van der Waals surface area contributed by atoms with Crippen molar-refractivity contribution in [2.75, 3.05) is 0 Å². The van der Waals surface area contributed by atoms with Crippen LogP contribution in [0.2, 0.25) is 0 Å². The molecule has 174 valence electrons. The average Bonchev–Trinajstić information content (AvgIpc) is 3.70. The molecular formula is C34H18N4. The first-order chi connectivity index (χ1) is 18.9. The Morgan fingerprint density at radius 1 is 0.447 bits per heavy atom. The molecule has 10 aromatic rings. The Morgan fingerprint density at radius 2 is 1.03 bits per heavy atom. The number of fused-ring (bicyclic) bond motifs is 12. The molecule has 4 aromatic carbocycles. The summed E-state index contributed by atoms with van der Waals surface area (Å²) < 4.78 is 4.78. The number of benzene rings is 4. The number of hydrogen-bond donors (Lipinski definition) is 0. The zero-order valence-corrected chi connectivity index (χ0v) is 20.2. The van der Waals surface area contributed by atoms with Gasteiger partial charge in [0.05, 0.1) is 45.5 Å². The summed E-state index contributed by atoms with van der Waals surface area (Å²) in [5.74, 6) is 0. The largest absolute Gasteiger partial charge is 0.308 e. The summed E-state index contributed by atoms with van der Waals surface area (Å²) in [5, 5.41) is 10.2. The van der Waals surface area contributed by atoms with Gasteiger partial charge >= 0.3 is 0 Å². The van der Waals surface area contributed by atoms with Crippen molar-refractivity contribution in [1.29, 1.82) is 0 Å². The van der Waals surface area contributed by atoms with Crippen LogP contribution in [0.15, 0.2) is 110 Å². The van der Waals surface area contributed by atoms with Gasteiger partial charge in [-0.1, -0.05) is 48.5 Å². The molecule has 0 spiro atoms. The lowest BCUT2D eigenvalue weighted by atomic mass is 9.95. The van der Waals surface area contributed by atoms with Gasteiger partial charge in [0.1, 0.15) is 0 Å². The molecular weight excluding hydrogens is 464 g/mol. The van der Waals surface area contributed by atoms with E-state index >= 15 is 0 Å². The van der Waals surface area contributed by atoms with E-state index in [0.717, 1.165) is 11.0 Å². The average molecular weight is 483 g/mol. The molecule has 0 atom stereocenters. The highest BCUT2D eigenvalue weighted by molar-refractivity contribution is 6.28. The molecule has 0 amide bonds. The summed E-state index contributed by atoms with van der Waals surface area (Å²) in [6.07, 6.45) is 7.73. The van der Waals surface area contributed by atoms with Crippen LogP contribution < -0.4 is 0 Å². The second kappa shape index (κ2) is 6.36. The molecule has 4 heteroatoms. The van der Waals surface area contributed by atoms with Crippen LogP contribution in [0.4, 0.5) is 0 Å². The van der Waals surface area contributed by atoms with Crippen LogP contribution in [-0.4, -0.2) is 18.8 Å². The first-order valence-electron chi connectivity index (χ1n) is 12.9. The van der Waals surface area contributed by atoms with E-state index in [0.29, 0.717) is 0 Å². The normalized spacial score (nSPS) is 12.7. The van der Waals surface area contributed by atoms with Gasteiger partial charge in [-0.25, -0.2) is 0 Å². The summed E-state index contributed by atoms with van der Waals surface area (Å²) in [6, 6.07) is 31.2. The maximum absolute atomic E-state index is 4.46. The number of para-hydroxylation sites is 2. The topological polar surface area (TPSA) is 34.6 Å². The SMILES string of the molecule is c1ccc2c(c1)c1cccc3c4c(-c5cc6c7ccncc7n7c8cnccc8c(c5)c67)cccc4n2c13. The van der Waals surface area contributed by atoms with E-state index in [1.807, 2.05) is 24.8 Å². The van der Waals surface area contributed by atoms with Crippen molar-refractivity contribution in [2.24, 2.45) is 0 Å². The monoisotopic (exact) mass is 482 g/mol. The highest BCUT2D eigenvalue weighted by Gasteiger charge is 2.22. The van der Waals surface area contributed by atoms with Crippen molar-refractivity contribution in [1.82, 2.24) is 18.8 Å². The third-order valence-electron chi connectivity index (χ3n) is 8.55. The third kappa shape index (κ3) is 2.04. The van der Waals surface area contributed by atoms with Crippen LogP contribution in [-0.2, 0) is 0 Å². The zero-order chi connectivity index (χ0) is 24.5. The smallest absolute Gasteiger partial charge is 0.0725 e. The van der Waals surface area contributed by atoms with Gasteiger partial charge in [0, 0.05) is 55.5 Å². The predicted molar refractivity (Wildman–Crippen MR) is 157 cm³/mol. The van der Waals surface area contributed by atoms with Crippen molar-refractivity contribution in [3.63, 3.8) is 0 Å². The minimum atomic E-state index is 1.12. The molecule has 0 N–H and O–H groups in total. The number of hydrogen-bond acceptors (Lipinski definition) is 2. The van der Waals surface area contributed by atoms with E-state index in [-0.39, 0.29) is 0 Å². The highest BCUT2D eigenvalue weighted by Crippen LogP contribution is 2.45. The van der Waals surface area contributed by atoms with Gasteiger partial charge in [0.25, 0.3) is 0 Å². The molecule has 0 bridgehead atoms. The van der Waals surface area contributed by atoms with E-state index < -0.39 is 0 Å². The number of nitrogens with zero attached hydrogens (tertiary/aromatic N) is 4. The van der Waals surface area contributed by atoms with Gasteiger partial charge < -0.3 is 8.80 Å². The zero-order valence-electron chi connectivity index (χ0n) is 20.2. The van der Waals surface area contributed by atoms with E-state index in [1.54, 1.807) is 0 Å². The highest BCUT2D eigenvalue weighted by atomic mass is 14.9. The van der Waals surface area contributed by atoms with Crippen LogP contribution >= 0.6 is 0 Å². The fourth-order valence-electron chi connectivity index (χ4n) is 7.12. The Hall–Kier alpha value is -5.22. The van der Waals surface area contributed by atoms with Crippen LogP contribution in [0.25, 0.3) is 87.3 Å². The van der Waals surface area contributed by atoms with Gasteiger partial charge in [0.15, 0.2) is 0 Å². The van der Waals surface area contributed by atoms with Crippen molar-refractivity contribution in [3.05, 3.63) is 110 Å². The first kappa shape index (κ1) is 19.0. The summed E-state index contributed by atoms with van der Waals surface area (Å²) in [5.41, 5.74) is 9.80. The Balaban J connectivity index is 1.42. The molecule has 0 aliphatic heterocycles. The maximum atomic E-state index is 4.46. The predicted octanol–water partition coefficient (Wildman–Crippen LogP) is 8.44. The molecule has 0 aliphatic carbocycles. The lowest BCUT2D eigenvalue weighted by Crippen LogP contribution is -1.84. The summed E-state index contributed by atoms with van der Waals surface area (Å²) in [4.78, 5) is 8.92. The molecule has 6 heterocycles. The van der Waals surface area contributed by atoms with Gasteiger partial charge in [-0.2, -0.15) is 0 Å². The number of rotatable bonds is 1. The van der Waals surface area contributed by atoms with E-state index in [1.165, 1.54) is 76.3 Å². The van der Waals surface area contributed by atoms with E-state index in [2.05, 4.69) is 104 Å². The van der Waals surface area contributed by atoms with Crippen LogP contribution in [0, 0.1) is 0 Å². The van der Waals surface area contributed by atoms with Gasteiger partial charge in [-0.15, -0.1) is 0 Å². The molecule has 4 nitrogen and oxygen atoms in total. The third-order valence-corrected chi connectivity index (χ3v) is 8.55. The fourth-order valence-corrected chi connectivity index (χ4v) is 7.12. The molecule has 38 heavy (non-hydrogen) atoms. The Labute approximate surface area is 215 Å². The lowest BCUT2D eigenvalue weighted by molar-refractivity contribution is 1.27. The molecule has 10 rings (SSSR count). The number of aromatic nitrogens is 4. The van der Waals surface area contributed by atoms with E-state index in [9.17, 15) is 0 Å². The Kier molecular flexibility index (Phi) is 3.18. The van der Waals surface area contributed by atoms with Crippen molar-refractivity contribution >= 4 is 76.2 Å². The van der Waals surface area contributed by atoms with E-state index in [4.69, 9.17) is 0 Å². The molecule has 6 aromatic heterocycles. The molecule has 0 saturated heterocycles. The van der Waals surface area contributed by atoms with Gasteiger partial charge in [0.2, 0.25) is 0 Å². The van der Waals surface area contributed by atoms with Crippen molar-refractivity contribution in [2.45, 2.75) is 0 Å². The van der Waals surface area contributed by atoms with Crippen LogP contribution in [0.5, 0.6) is 0 Å². The van der Waals surface area contributed by atoms with Crippen LogP contribution in [0.1, 0.15) is 0 Å². The standard InChI is InChI=1S/C34H18N4/c1-2-9-28-21(5-1)24-7-3-8-25-32-20(6-4-10-29(32)37(28)33(24)25)19-15-26-22-11-13-35-17-30(22)38-31-18-36-14-12-23(31)27(16-19)34(26)38/h1-18H. The second-order valence-electron chi connectivity index (χ2n) is 10.3. The van der Waals surface area contributed by atoms with Crippen LogP contribution in [0.3, 0.4) is 0 Å².